The third-order valence-corrected chi connectivity index (χ3v) is 1.55. The average Bonchev–Trinajstić information content (AvgIpc) is 2.47. The van der Waals surface area contributed by atoms with Gasteiger partial charge < -0.3 is 9.47 Å². The number of carbonyl (C=O) groups is 1. The fraction of sp³-hybridized carbons (Fsp3) is 0.375. The zero-order valence-electron chi connectivity index (χ0n) is 6.51. The van der Waals surface area contributed by atoms with Gasteiger partial charge in [0, 0.05) is 5.57 Å². The van der Waals surface area contributed by atoms with E-state index in [0.717, 1.165) is 5.57 Å². The fourth-order valence-corrected chi connectivity index (χ4v) is 0.869. The lowest BCUT2D eigenvalue weighted by molar-refractivity contribution is -0.139. The molecule has 0 saturated carbocycles. The van der Waals surface area contributed by atoms with Crippen molar-refractivity contribution in [2.45, 2.75) is 0 Å². The van der Waals surface area contributed by atoms with Gasteiger partial charge in [0.1, 0.15) is 24.9 Å². The zero-order chi connectivity index (χ0) is 8.97. The highest BCUT2D eigenvalue weighted by Crippen LogP contribution is 2.13. The van der Waals surface area contributed by atoms with Crippen molar-refractivity contribution in [3.63, 3.8) is 0 Å². The maximum Gasteiger partial charge on any atom is 0.321 e. The summed E-state index contributed by atoms with van der Waals surface area (Å²) in [5, 5.41) is 0. The van der Waals surface area contributed by atoms with E-state index in [0.29, 0.717) is 12.4 Å². The van der Waals surface area contributed by atoms with Gasteiger partial charge >= 0.3 is 5.97 Å². The molecule has 0 fully saturated rings. The van der Waals surface area contributed by atoms with Crippen LogP contribution in [0.1, 0.15) is 0 Å². The monoisotopic (exact) mass is 188 g/mol. The van der Waals surface area contributed by atoms with Gasteiger partial charge in [-0.05, 0) is 6.08 Å². The highest BCUT2D eigenvalue weighted by Gasteiger charge is 2.10. The Morgan fingerprint density at radius 1 is 1.83 bits per heavy atom. The molecule has 0 amide bonds. The number of ether oxygens (including phenoxy) is 2. The molecule has 0 N–H and O–H groups in total. The molecule has 3 nitrogen and oxygen atoms in total. The SMILES string of the molecule is C=C1C=C(COC(=O)CCl)CO1. The molecule has 0 saturated heterocycles. The van der Waals surface area contributed by atoms with Crippen LogP contribution < -0.4 is 0 Å². The van der Waals surface area contributed by atoms with Crippen molar-refractivity contribution >= 4 is 17.6 Å². The van der Waals surface area contributed by atoms with Crippen molar-refractivity contribution in [3.05, 3.63) is 24.0 Å². The molecule has 1 aliphatic heterocycles. The van der Waals surface area contributed by atoms with E-state index in [1.54, 1.807) is 6.08 Å². The minimum atomic E-state index is -0.421. The lowest BCUT2D eigenvalue weighted by Crippen LogP contribution is -2.09. The van der Waals surface area contributed by atoms with Crippen LogP contribution in [0, 0.1) is 0 Å². The van der Waals surface area contributed by atoms with Crippen molar-refractivity contribution in [3.8, 4) is 0 Å². The van der Waals surface area contributed by atoms with Crippen molar-refractivity contribution in [2.75, 3.05) is 19.1 Å². The molecule has 1 aliphatic rings. The van der Waals surface area contributed by atoms with E-state index in [1.165, 1.54) is 0 Å². The maximum absolute atomic E-state index is 10.6. The fourth-order valence-electron chi connectivity index (χ4n) is 0.792. The zero-order valence-corrected chi connectivity index (χ0v) is 7.26. The van der Waals surface area contributed by atoms with Crippen molar-refractivity contribution in [1.29, 1.82) is 0 Å². The second-order valence-corrected chi connectivity index (χ2v) is 2.62. The minimum Gasteiger partial charge on any atom is -0.490 e. The Hall–Kier alpha value is -0.960. The van der Waals surface area contributed by atoms with Gasteiger partial charge in [-0.15, -0.1) is 11.6 Å². The lowest BCUT2D eigenvalue weighted by atomic mass is 10.3. The van der Waals surface area contributed by atoms with Crippen molar-refractivity contribution < 1.29 is 14.3 Å². The van der Waals surface area contributed by atoms with Crippen LogP contribution in [-0.4, -0.2) is 25.1 Å². The number of esters is 1. The van der Waals surface area contributed by atoms with Gasteiger partial charge in [0.25, 0.3) is 0 Å². The van der Waals surface area contributed by atoms with E-state index >= 15 is 0 Å². The van der Waals surface area contributed by atoms with Crippen LogP contribution in [0.4, 0.5) is 0 Å². The Bertz CT molecular complexity index is 232. The topological polar surface area (TPSA) is 35.5 Å². The molecule has 1 heterocycles. The number of alkyl halides is 1. The average molecular weight is 189 g/mol. The summed E-state index contributed by atoms with van der Waals surface area (Å²) in [6, 6.07) is 0. The molecule has 0 aromatic carbocycles. The van der Waals surface area contributed by atoms with E-state index in [-0.39, 0.29) is 12.5 Å². The van der Waals surface area contributed by atoms with Crippen molar-refractivity contribution in [2.24, 2.45) is 0 Å². The van der Waals surface area contributed by atoms with Crippen molar-refractivity contribution in [1.82, 2.24) is 0 Å². The maximum atomic E-state index is 10.6. The summed E-state index contributed by atoms with van der Waals surface area (Å²) in [6.07, 6.45) is 1.75. The molecule has 12 heavy (non-hydrogen) atoms. The van der Waals surface area contributed by atoms with Gasteiger partial charge in [0.15, 0.2) is 0 Å². The van der Waals surface area contributed by atoms with Gasteiger partial charge in [-0.25, -0.2) is 0 Å². The van der Waals surface area contributed by atoms with E-state index in [1.807, 2.05) is 0 Å². The Balaban J connectivity index is 2.28. The third kappa shape index (κ3) is 2.58. The first kappa shape index (κ1) is 9.13. The first-order chi connectivity index (χ1) is 5.72. The van der Waals surface area contributed by atoms with Crippen LogP contribution in [0.15, 0.2) is 24.0 Å². The van der Waals surface area contributed by atoms with Gasteiger partial charge in [-0.1, -0.05) is 6.58 Å². The van der Waals surface area contributed by atoms with Crippen LogP contribution >= 0.6 is 11.6 Å². The van der Waals surface area contributed by atoms with Crippen LogP contribution in [0.3, 0.4) is 0 Å². The lowest BCUT2D eigenvalue weighted by Gasteiger charge is -2.01. The number of halogens is 1. The normalized spacial score (nSPS) is 15.4. The Morgan fingerprint density at radius 2 is 2.58 bits per heavy atom. The number of carbonyl (C=O) groups excluding carboxylic acids is 1. The van der Waals surface area contributed by atoms with Crippen LogP contribution in [0.25, 0.3) is 0 Å². The highest BCUT2D eigenvalue weighted by atomic mass is 35.5. The summed E-state index contributed by atoms with van der Waals surface area (Å²) in [7, 11) is 0. The molecule has 0 spiro atoms. The highest BCUT2D eigenvalue weighted by molar-refractivity contribution is 6.26. The van der Waals surface area contributed by atoms with Crippen LogP contribution in [-0.2, 0) is 14.3 Å². The summed E-state index contributed by atoms with van der Waals surface area (Å²) >= 11 is 5.22. The summed E-state index contributed by atoms with van der Waals surface area (Å²) < 4.78 is 9.78. The number of allylic oxidation sites excluding steroid dienone is 1. The van der Waals surface area contributed by atoms with E-state index in [4.69, 9.17) is 21.1 Å². The predicted molar refractivity (Wildman–Crippen MR) is 44.9 cm³/mol. The van der Waals surface area contributed by atoms with Gasteiger partial charge in [0.05, 0.1) is 0 Å². The Kier molecular flexibility index (Phi) is 3.17. The summed E-state index contributed by atoms with van der Waals surface area (Å²) in [5.74, 6) is 0.0664. The molecule has 0 bridgehead atoms. The molecule has 0 unspecified atom stereocenters. The molecule has 4 heteroatoms. The summed E-state index contributed by atoms with van der Waals surface area (Å²) in [6.45, 7) is 4.28. The van der Waals surface area contributed by atoms with Gasteiger partial charge in [-0.3, -0.25) is 4.79 Å². The second kappa shape index (κ2) is 4.16. The number of rotatable bonds is 3. The first-order valence-corrected chi connectivity index (χ1v) is 3.98. The Morgan fingerprint density at radius 3 is 3.08 bits per heavy atom. The van der Waals surface area contributed by atoms with Gasteiger partial charge in [0.2, 0.25) is 0 Å². The van der Waals surface area contributed by atoms with Crippen LogP contribution in [0.5, 0.6) is 0 Å². The smallest absolute Gasteiger partial charge is 0.321 e. The molecule has 0 aliphatic carbocycles. The van der Waals surface area contributed by atoms with Crippen LogP contribution in [0.2, 0.25) is 0 Å². The van der Waals surface area contributed by atoms with E-state index in [2.05, 4.69) is 6.58 Å². The molecule has 1 rings (SSSR count). The molecule has 66 valence electrons. The number of hydrogen-bond donors (Lipinski definition) is 0. The largest absolute Gasteiger partial charge is 0.490 e. The minimum absolute atomic E-state index is 0.116. The quantitative estimate of drug-likeness (QED) is 0.494. The standard InChI is InChI=1S/C8H9ClO3/c1-6-2-7(4-11-6)5-12-8(10)3-9/h2H,1,3-5H2. The number of hydrogen-bond acceptors (Lipinski definition) is 3. The second-order valence-electron chi connectivity index (χ2n) is 2.35. The Labute approximate surface area is 75.6 Å². The summed E-state index contributed by atoms with van der Waals surface area (Å²) in [4.78, 5) is 10.6. The van der Waals surface area contributed by atoms with Gasteiger partial charge in [-0.2, -0.15) is 0 Å². The van der Waals surface area contributed by atoms with E-state index < -0.39 is 5.97 Å². The predicted octanol–water partition coefficient (Wildman–Crippen LogP) is 1.24. The third-order valence-electron chi connectivity index (χ3n) is 1.34. The molecule has 0 aromatic heterocycles. The molecular weight excluding hydrogens is 180 g/mol. The summed E-state index contributed by atoms with van der Waals surface area (Å²) in [5.41, 5.74) is 0.901. The van der Waals surface area contributed by atoms with E-state index in [9.17, 15) is 4.79 Å². The molecule has 0 atom stereocenters. The molecular formula is C8H9ClO3. The first-order valence-electron chi connectivity index (χ1n) is 3.45. The molecule has 0 radical (unpaired) electrons. The molecule has 0 aromatic rings.